The van der Waals surface area contributed by atoms with Crippen molar-refractivity contribution >= 4 is 29.5 Å². The molecular formula is C22H29FN4O5. The molecule has 2 fully saturated rings. The first-order valence-corrected chi connectivity index (χ1v) is 10.8. The SMILES string of the molecule is CC(C)C(C(=O)O)N1CCC(NC(=O)C2CCCN(C(=O)Nc3ccccc3F)C2)C1=O. The third kappa shape index (κ3) is 5.17. The van der Waals surface area contributed by atoms with Gasteiger partial charge in [-0.1, -0.05) is 26.0 Å². The fourth-order valence-electron chi connectivity index (χ4n) is 4.31. The van der Waals surface area contributed by atoms with Gasteiger partial charge in [-0.05, 0) is 37.3 Å². The summed E-state index contributed by atoms with van der Waals surface area (Å²) in [5.41, 5.74) is 0.0684. The monoisotopic (exact) mass is 448 g/mol. The number of hydrogen-bond donors (Lipinski definition) is 3. The van der Waals surface area contributed by atoms with Crippen LogP contribution < -0.4 is 10.6 Å². The van der Waals surface area contributed by atoms with Gasteiger partial charge in [-0.3, -0.25) is 9.59 Å². The molecule has 0 spiro atoms. The first-order chi connectivity index (χ1) is 15.2. The van der Waals surface area contributed by atoms with Gasteiger partial charge in [0.25, 0.3) is 0 Å². The number of piperidine rings is 1. The van der Waals surface area contributed by atoms with Gasteiger partial charge >= 0.3 is 12.0 Å². The maximum Gasteiger partial charge on any atom is 0.326 e. The van der Waals surface area contributed by atoms with E-state index in [4.69, 9.17) is 0 Å². The maximum atomic E-state index is 13.8. The summed E-state index contributed by atoms with van der Waals surface area (Å²) < 4.78 is 13.8. The number of carbonyl (C=O) groups excluding carboxylic acids is 3. The predicted molar refractivity (Wildman–Crippen MR) is 114 cm³/mol. The van der Waals surface area contributed by atoms with Gasteiger partial charge < -0.3 is 25.5 Å². The number of halogens is 1. The van der Waals surface area contributed by atoms with Crippen molar-refractivity contribution in [3.63, 3.8) is 0 Å². The Bertz CT molecular complexity index is 893. The highest BCUT2D eigenvalue weighted by atomic mass is 19.1. The number of aliphatic carboxylic acids is 1. The summed E-state index contributed by atoms with van der Waals surface area (Å²) in [6.45, 7) is 4.33. The van der Waals surface area contributed by atoms with Crippen molar-refractivity contribution in [1.29, 1.82) is 0 Å². The molecule has 0 bridgehead atoms. The van der Waals surface area contributed by atoms with E-state index in [1.54, 1.807) is 19.9 Å². The number of rotatable bonds is 6. The highest BCUT2D eigenvalue weighted by molar-refractivity contribution is 5.93. The molecule has 9 nitrogen and oxygen atoms in total. The van der Waals surface area contributed by atoms with E-state index < -0.39 is 41.7 Å². The molecule has 2 aliphatic heterocycles. The Morgan fingerprint density at radius 1 is 1.16 bits per heavy atom. The minimum Gasteiger partial charge on any atom is -0.480 e. The number of likely N-dealkylation sites (tertiary alicyclic amines) is 2. The van der Waals surface area contributed by atoms with E-state index in [9.17, 15) is 28.7 Å². The Morgan fingerprint density at radius 2 is 1.88 bits per heavy atom. The highest BCUT2D eigenvalue weighted by Gasteiger charge is 2.41. The van der Waals surface area contributed by atoms with Crippen LogP contribution in [0.1, 0.15) is 33.1 Å². The Morgan fingerprint density at radius 3 is 2.53 bits per heavy atom. The number of hydrogen-bond acceptors (Lipinski definition) is 4. The highest BCUT2D eigenvalue weighted by Crippen LogP contribution is 2.23. The number of carboxylic acids is 1. The van der Waals surface area contributed by atoms with E-state index in [2.05, 4.69) is 10.6 Å². The molecule has 10 heteroatoms. The van der Waals surface area contributed by atoms with Crippen LogP contribution in [-0.2, 0) is 14.4 Å². The van der Waals surface area contributed by atoms with Crippen molar-refractivity contribution < 1.29 is 28.7 Å². The van der Waals surface area contributed by atoms with Crippen LogP contribution in [0.2, 0.25) is 0 Å². The smallest absolute Gasteiger partial charge is 0.326 e. The summed E-state index contributed by atoms with van der Waals surface area (Å²) in [6.07, 6.45) is 1.50. The summed E-state index contributed by atoms with van der Waals surface area (Å²) in [5.74, 6) is -3.11. The molecule has 4 amide bonds. The second-order valence-corrected chi connectivity index (χ2v) is 8.60. The number of carboxylic acid groups (broad SMARTS) is 1. The summed E-state index contributed by atoms with van der Waals surface area (Å²) in [5, 5.41) is 14.7. The lowest BCUT2D eigenvalue weighted by atomic mass is 9.97. The van der Waals surface area contributed by atoms with Crippen molar-refractivity contribution in [1.82, 2.24) is 15.1 Å². The largest absolute Gasteiger partial charge is 0.480 e. The quantitative estimate of drug-likeness (QED) is 0.614. The predicted octanol–water partition coefficient (Wildman–Crippen LogP) is 1.90. The first-order valence-electron chi connectivity index (χ1n) is 10.8. The van der Waals surface area contributed by atoms with E-state index >= 15 is 0 Å². The normalized spacial score (nSPS) is 22.1. The van der Waals surface area contributed by atoms with Gasteiger partial charge in [0.2, 0.25) is 11.8 Å². The summed E-state index contributed by atoms with van der Waals surface area (Å²) in [4.78, 5) is 52.4. The van der Waals surface area contributed by atoms with Crippen LogP contribution in [0.15, 0.2) is 24.3 Å². The average Bonchev–Trinajstić information content (AvgIpc) is 3.09. The van der Waals surface area contributed by atoms with E-state index in [0.29, 0.717) is 25.8 Å². The molecule has 3 N–H and O–H groups in total. The molecule has 1 aromatic carbocycles. The number of anilines is 1. The van der Waals surface area contributed by atoms with Gasteiger partial charge in [-0.25, -0.2) is 14.0 Å². The number of carbonyl (C=O) groups is 4. The average molecular weight is 448 g/mol. The summed E-state index contributed by atoms with van der Waals surface area (Å²) in [7, 11) is 0. The molecule has 0 aromatic heterocycles. The Labute approximate surface area is 185 Å². The molecule has 3 rings (SSSR count). The topological polar surface area (TPSA) is 119 Å². The molecule has 0 saturated carbocycles. The van der Waals surface area contributed by atoms with Gasteiger partial charge in [0, 0.05) is 19.6 Å². The first kappa shape index (κ1) is 23.5. The zero-order valence-corrected chi connectivity index (χ0v) is 18.2. The van der Waals surface area contributed by atoms with E-state index in [1.165, 1.54) is 28.0 Å². The molecule has 2 aliphatic rings. The molecule has 0 aliphatic carbocycles. The lowest BCUT2D eigenvalue weighted by Crippen LogP contribution is -2.52. The van der Waals surface area contributed by atoms with Gasteiger partial charge in [0.05, 0.1) is 11.6 Å². The van der Waals surface area contributed by atoms with E-state index in [0.717, 1.165) is 0 Å². The molecule has 2 saturated heterocycles. The van der Waals surface area contributed by atoms with E-state index in [1.807, 2.05) is 0 Å². The van der Waals surface area contributed by atoms with Gasteiger partial charge in [0.15, 0.2) is 0 Å². The number of benzene rings is 1. The Kier molecular flexibility index (Phi) is 7.32. The number of nitrogens with zero attached hydrogens (tertiary/aromatic N) is 2. The van der Waals surface area contributed by atoms with Crippen LogP contribution in [-0.4, -0.2) is 70.4 Å². The standard InChI is InChI=1S/C22H29FN4O5/c1-13(2)18(21(30)31)27-11-9-17(20(27)29)24-19(28)14-6-5-10-26(12-14)22(32)25-16-8-4-3-7-15(16)23/h3-4,7-8,13-14,17-18H,5-6,9-12H2,1-2H3,(H,24,28)(H,25,32)(H,30,31). The van der Waals surface area contributed by atoms with Crippen molar-refractivity contribution in [3.05, 3.63) is 30.1 Å². The Hall–Kier alpha value is -3.17. The molecular weight excluding hydrogens is 419 g/mol. The number of nitrogens with one attached hydrogen (secondary N) is 2. The minimum absolute atomic E-state index is 0.0684. The van der Waals surface area contributed by atoms with Crippen molar-refractivity contribution in [2.45, 2.75) is 45.2 Å². The number of amides is 4. The van der Waals surface area contributed by atoms with E-state index in [-0.39, 0.29) is 30.6 Å². The summed E-state index contributed by atoms with van der Waals surface area (Å²) >= 11 is 0. The van der Waals surface area contributed by atoms with Gasteiger partial charge in [0.1, 0.15) is 17.9 Å². The van der Waals surface area contributed by atoms with Crippen molar-refractivity contribution in [2.75, 3.05) is 25.0 Å². The maximum absolute atomic E-state index is 13.8. The van der Waals surface area contributed by atoms with Gasteiger partial charge in [-0.2, -0.15) is 0 Å². The summed E-state index contributed by atoms with van der Waals surface area (Å²) in [6, 6.07) is 3.65. The molecule has 0 radical (unpaired) electrons. The third-order valence-electron chi connectivity index (χ3n) is 5.97. The minimum atomic E-state index is -1.07. The lowest BCUT2D eigenvalue weighted by molar-refractivity contribution is -0.150. The molecule has 174 valence electrons. The second-order valence-electron chi connectivity index (χ2n) is 8.60. The van der Waals surface area contributed by atoms with Crippen LogP contribution in [0.4, 0.5) is 14.9 Å². The van der Waals surface area contributed by atoms with Crippen molar-refractivity contribution in [3.8, 4) is 0 Å². The lowest BCUT2D eigenvalue weighted by Gasteiger charge is -2.32. The van der Waals surface area contributed by atoms with Crippen LogP contribution in [0, 0.1) is 17.7 Å². The van der Waals surface area contributed by atoms with Crippen LogP contribution in [0.3, 0.4) is 0 Å². The second kappa shape index (κ2) is 9.97. The fraction of sp³-hybridized carbons (Fsp3) is 0.545. The molecule has 32 heavy (non-hydrogen) atoms. The molecule has 1 aromatic rings. The molecule has 2 heterocycles. The van der Waals surface area contributed by atoms with Crippen molar-refractivity contribution in [2.24, 2.45) is 11.8 Å². The third-order valence-corrected chi connectivity index (χ3v) is 5.97. The van der Waals surface area contributed by atoms with Crippen LogP contribution in [0.5, 0.6) is 0 Å². The van der Waals surface area contributed by atoms with Gasteiger partial charge in [-0.15, -0.1) is 0 Å². The number of para-hydroxylation sites is 1. The molecule has 3 atom stereocenters. The molecule has 3 unspecified atom stereocenters. The van der Waals surface area contributed by atoms with Crippen LogP contribution in [0.25, 0.3) is 0 Å². The Balaban J connectivity index is 1.57. The zero-order chi connectivity index (χ0) is 23.4. The fourth-order valence-corrected chi connectivity index (χ4v) is 4.31. The number of urea groups is 1. The zero-order valence-electron chi connectivity index (χ0n) is 18.2. The van der Waals surface area contributed by atoms with Crippen LogP contribution >= 0.6 is 0 Å².